The minimum atomic E-state index is -1.90. The van der Waals surface area contributed by atoms with Crippen LogP contribution in [-0.2, 0) is 115 Å². The molecule has 0 radical (unpaired) electrons. The van der Waals surface area contributed by atoms with Crippen LogP contribution in [0.4, 0.5) is 0 Å². The number of carboxylic acids is 1. The largest absolute Gasteiger partial charge is 0.508 e. The number of rotatable bonds is 23. The van der Waals surface area contributed by atoms with Gasteiger partial charge in [-0.05, 0) is 82.8 Å². The van der Waals surface area contributed by atoms with E-state index in [2.05, 4.69) is 52.8 Å². The first-order chi connectivity index (χ1) is 62.4. The van der Waals surface area contributed by atoms with Gasteiger partial charge < -0.3 is 93.3 Å². The Morgan fingerprint density at radius 3 is 1.58 bits per heavy atom. The number of fused-ring (bicyclic) bond motifs is 2. The Bertz CT molecular complexity index is 5320. The molecule has 698 valence electrons. The van der Waals surface area contributed by atoms with Gasteiger partial charge >= 0.3 is 5.97 Å². The zero-order valence-corrected chi connectivity index (χ0v) is 76.6. The third-order valence-electron chi connectivity index (χ3n) is 22.4. The fourth-order valence-electron chi connectivity index (χ4n) is 15.3. The fourth-order valence-corrected chi connectivity index (χ4v) is 17.1. The van der Waals surface area contributed by atoms with Gasteiger partial charge in [0.15, 0.2) is 0 Å². The first kappa shape index (κ1) is 101. The van der Waals surface area contributed by atoms with E-state index in [-0.39, 0.29) is 68.8 Å². The highest BCUT2D eigenvalue weighted by molar-refractivity contribution is 8.00. The number of para-hydroxylation sites is 2. The number of benzene rings is 6. The van der Waals surface area contributed by atoms with Crippen LogP contribution in [0, 0.1) is 11.8 Å². The summed E-state index contributed by atoms with van der Waals surface area (Å²) in [5.74, 6) is -17.1. The van der Waals surface area contributed by atoms with E-state index >= 15 is 43.2 Å². The molecule has 1 fully saturated rings. The van der Waals surface area contributed by atoms with Gasteiger partial charge in [0.25, 0.3) is 0 Å². The number of carboxylic acid groups (broad SMARTS) is 1. The number of phenolic OH excluding ortho intramolecular Hbond substituents is 1. The first-order valence-electron chi connectivity index (χ1n) is 43.3. The SMILES string of the molecule is CCCC[C@H]1C(=O)N(C)CC(=O)N[C@@H](CC(=O)O)C(=O)N[C@@H](C(C)C)C(=O)N(C)[C@@H](Cc2ccccc2)C(=O)N[C@@H](Cc2ccc(O)cc2)C(=O)N(C)CC(=O)N[C@@H](Cc2c[nH]c3ccccc23)C(=O)N[C@@H](Cc2nc3ccccc3s2)C(=O)N[C@@H](CC(C)C)C(=O)N[C@H](C(=O)NCC(N)=O)CSCC(=O)N[C@@H](Cc2ccccc2)C(=O)N(C)[C@@H](Cc2ccccc2)C(=O)N1C. The summed E-state index contributed by atoms with van der Waals surface area (Å²) in [6.45, 7) is 6.25. The number of H-pyrrole nitrogens is 1. The van der Waals surface area contributed by atoms with Crippen LogP contribution in [0.1, 0.15) is 99.5 Å². The zero-order valence-electron chi connectivity index (χ0n) is 75.0. The van der Waals surface area contributed by atoms with Crippen LogP contribution >= 0.6 is 23.1 Å². The number of carbonyl (C=O) groups excluding carboxylic acids is 15. The lowest BCUT2D eigenvalue weighted by atomic mass is 9.98. The van der Waals surface area contributed by atoms with Crippen LogP contribution in [0.5, 0.6) is 5.75 Å². The zero-order chi connectivity index (χ0) is 95.3. The number of nitrogens with zero attached hydrogens (tertiary/aromatic N) is 6. The molecule has 14 N–H and O–H groups in total. The summed E-state index contributed by atoms with van der Waals surface area (Å²) in [5, 5.41) is 45.9. The number of thioether (sulfide) groups is 1. The maximum atomic E-state index is 15.5. The molecule has 0 unspecified atom stereocenters. The molecule has 0 aliphatic carbocycles. The van der Waals surface area contributed by atoms with Crippen LogP contribution in [0.2, 0.25) is 0 Å². The van der Waals surface area contributed by atoms with Crippen LogP contribution in [0.25, 0.3) is 21.1 Å². The lowest BCUT2D eigenvalue weighted by Crippen LogP contribution is -2.61. The van der Waals surface area contributed by atoms with Gasteiger partial charge in [-0.1, -0.05) is 181 Å². The molecule has 131 heavy (non-hydrogen) atoms. The van der Waals surface area contributed by atoms with Gasteiger partial charge in [-0.15, -0.1) is 23.1 Å². The number of unbranched alkanes of at least 4 members (excludes halogenated alkanes) is 1. The second-order valence-electron chi connectivity index (χ2n) is 33.5. The van der Waals surface area contributed by atoms with Gasteiger partial charge in [0.1, 0.15) is 72.2 Å². The van der Waals surface area contributed by atoms with Gasteiger partial charge in [-0.3, -0.25) is 76.7 Å². The summed E-state index contributed by atoms with van der Waals surface area (Å²) in [7, 11) is 6.57. The Hall–Kier alpha value is -13.6. The molecule has 35 nitrogen and oxygen atoms in total. The Labute approximate surface area is 768 Å². The summed E-state index contributed by atoms with van der Waals surface area (Å²) in [6.07, 6.45) is 0.192. The molecule has 0 saturated carbocycles. The molecule has 11 atom stereocenters. The number of hydrogen-bond acceptors (Lipinski definition) is 20. The van der Waals surface area contributed by atoms with Gasteiger partial charge in [0.2, 0.25) is 88.6 Å². The molecule has 15 amide bonds. The minimum Gasteiger partial charge on any atom is -0.508 e. The van der Waals surface area contributed by atoms with E-state index in [1.54, 1.807) is 167 Å². The minimum absolute atomic E-state index is 0.0333. The highest BCUT2D eigenvalue weighted by Gasteiger charge is 2.42. The topological polar surface area (TPSA) is 493 Å². The second-order valence-corrected chi connectivity index (χ2v) is 35.6. The molecular formula is C94H117N17O18S2. The molecule has 6 aromatic carbocycles. The van der Waals surface area contributed by atoms with E-state index < -0.39 is 199 Å². The number of hydrogen-bond donors (Lipinski definition) is 13. The van der Waals surface area contributed by atoms with E-state index in [0.717, 1.165) is 31.2 Å². The van der Waals surface area contributed by atoms with Crippen molar-refractivity contribution in [1.82, 2.24) is 82.3 Å². The smallest absolute Gasteiger partial charge is 0.305 e. The van der Waals surface area contributed by atoms with Gasteiger partial charge in [0.05, 0.1) is 47.0 Å². The first-order valence-corrected chi connectivity index (χ1v) is 45.3. The third-order valence-corrected chi connectivity index (χ3v) is 24.5. The maximum absolute atomic E-state index is 15.5. The number of aromatic amines is 1. The molecule has 9 rings (SSSR count). The van der Waals surface area contributed by atoms with E-state index in [4.69, 9.17) is 10.7 Å². The van der Waals surface area contributed by atoms with Crippen LogP contribution in [-0.4, -0.2) is 272 Å². The van der Waals surface area contributed by atoms with Crippen molar-refractivity contribution in [1.29, 1.82) is 0 Å². The number of phenols is 1. The molecule has 0 spiro atoms. The molecule has 2 aromatic heterocycles. The number of primary amides is 1. The number of nitrogens with two attached hydrogens (primary N) is 1. The number of thiazole rings is 1. The average molecular weight is 1840 g/mol. The number of nitrogens with one attached hydrogen (secondary N) is 10. The molecule has 1 aliphatic rings. The predicted molar refractivity (Wildman–Crippen MR) is 494 cm³/mol. The molecule has 1 saturated heterocycles. The molecule has 8 aromatic rings. The molecule has 0 bridgehead atoms. The van der Waals surface area contributed by atoms with E-state index in [1.165, 1.54) is 80.6 Å². The van der Waals surface area contributed by atoms with Crippen molar-refractivity contribution < 1.29 is 86.9 Å². The van der Waals surface area contributed by atoms with Crippen LogP contribution in [0.15, 0.2) is 170 Å². The molecule has 1 aliphatic heterocycles. The average Bonchev–Trinajstić information content (AvgIpc) is 1.81. The fraction of sp³-hybridized carbons (Fsp3) is 0.415. The third kappa shape index (κ3) is 29.7. The summed E-state index contributed by atoms with van der Waals surface area (Å²) in [6, 6.07) is 29.0. The second kappa shape index (κ2) is 48.7. The summed E-state index contributed by atoms with van der Waals surface area (Å²) in [4.78, 5) is 249. The van der Waals surface area contributed by atoms with E-state index in [0.29, 0.717) is 62.1 Å². The van der Waals surface area contributed by atoms with E-state index in [9.17, 15) is 43.8 Å². The number of likely N-dealkylation sites (N-methyl/N-ethyl adjacent to an activating group) is 5. The van der Waals surface area contributed by atoms with Gasteiger partial charge in [-0.2, -0.15) is 0 Å². The molecule has 3 heterocycles. The Morgan fingerprint density at radius 1 is 0.496 bits per heavy atom. The van der Waals surface area contributed by atoms with E-state index in [1.807, 2.05) is 13.0 Å². The highest BCUT2D eigenvalue weighted by Crippen LogP contribution is 2.27. The lowest BCUT2D eigenvalue weighted by Gasteiger charge is -2.37. The van der Waals surface area contributed by atoms with Crippen molar-refractivity contribution in [3.8, 4) is 5.75 Å². The molecular weight excluding hydrogens is 1720 g/mol. The lowest BCUT2D eigenvalue weighted by molar-refractivity contribution is -0.151. The van der Waals surface area contributed by atoms with Crippen molar-refractivity contribution in [3.63, 3.8) is 0 Å². The normalized spacial score (nSPS) is 21.8. The van der Waals surface area contributed by atoms with Crippen molar-refractivity contribution in [2.24, 2.45) is 17.6 Å². The van der Waals surface area contributed by atoms with Crippen LogP contribution in [0.3, 0.4) is 0 Å². The summed E-state index contributed by atoms with van der Waals surface area (Å²) in [5.41, 5.74) is 9.36. The van der Waals surface area contributed by atoms with Gasteiger partial charge in [0, 0.05) is 96.6 Å². The van der Waals surface area contributed by atoms with Crippen molar-refractivity contribution >= 4 is 139 Å². The maximum Gasteiger partial charge on any atom is 0.305 e. The number of aromatic nitrogens is 2. The summed E-state index contributed by atoms with van der Waals surface area (Å²) >= 11 is 2.06. The monoisotopic (exact) mass is 1840 g/mol. The predicted octanol–water partition coefficient (Wildman–Crippen LogP) is 3.23. The Kier molecular flexibility index (Phi) is 37.6. The quantitative estimate of drug-likeness (QED) is 0.0437. The molecule has 37 heteroatoms. The summed E-state index contributed by atoms with van der Waals surface area (Å²) < 4.78 is 0.726. The number of carbonyl (C=O) groups is 16. The van der Waals surface area contributed by atoms with Crippen LogP contribution < -0.4 is 53.6 Å². The van der Waals surface area contributed by atoms with Crippen molar-refractivity contribution in [2.75, 3.05) is 66.4 Å². The number of aliphatic carboxylic acids is 1. The van der Waals surface area contributed by atoms with Crippen molar-refractivity contribution in [3.05, 3.63) is 203 Å². The highest BCUT2D eigenvalue weighted by atomic mass is 32.2. The number of aromatic hydroxyl groups is 1. The Balaban J connectivity index is 1.12. The standard InChI is InChI=1S/C94H117N17O18S2/c1-11-12-35-73-92(127)108(7)52-79(115)99-69(48-82(117)118)88(123)106-83(56(4)5)94(129)110(9)74(44-58-28-18-14-19-29-58)89(124)104-70(43-60-37-39-62(112)40-38-60)90(125)107(6)51-78(114)98-67(46-61-49-96-64-33-23-22-32-63(61)64)86(121)103-68(47-81-101-65-34-24-25-36-76(65)131-81)87(122)102-66(41-55(2)3)85(120)105-72(84(119)97-50-77(95)113)53-130-54-80(116)100-71(42-57-26-16-13-17-27-57)91(126)111(10)75(93(128)109(73)8)45-59-30-20-15-21-31-59/h13-34,36-40,49,55-56,66-75,83,96,112H,11-12,35,41-48,50-54H2,1-10H3,(H2,95,113)(H,97,119)(H,98,114)(H,99,115)(H,100,116)(H,102,122)(H,103,121)(H,104,124)(H,105,120)(H,106,123)(H,117,118)/t66-,67-,68-,69-,70-,71-,72-,73-,74-,75-,83-/m0/s1. The number of amides is 15. The van der Waals surface area contributed by atoms with Gasteiger partial charge in [-0.25, -0.2) is 4.98 Å². The van der Waals surface area contributed by atoms with Crippen molar-refractivity contribution in [2.45, 2.75) is 172 Å². The Morgan fingerprint density at radius 2 is 0.992 bits per heavy atom.